The van der Waals surface area contributed by atoms with Crippen molar-refractivity contribution >= 4 is 12.4 Å². The molecular formula is C9H10ClF2N. The second-order valence-corrected chi connectivity index (χ2v) is 2.40. The average Bonchev–Trinajstić information content (AvgIpc) is 2.08. The molecule has 0 unspecified atom stereocenters. The Bertz CT molecular complexity index is 302. The van der Waals surface area contributed by atoms with Gasteiger partial charge in [0.15, 0.2) is 11.6 Å². The van der Waals surface area contributed by atoms with Crippen molar-refractivity contribution in [2.45, 2.75) is 6.04 Å². The van der Waals surface area contributed by atoms with Gasteiger partial charge in [-0.2, -0.15) is 0 Å². The number of halogens is 3. The molecule has 13 heavy (non-hydrogen) atoms. The van der Waals surface area contributed by atoms with Crippen LogP contribution in [-0.4, -0.2) is 0 Å². The van der Waals surface area contributed by atoms with Gasteiger partial charge in [-0.3, -0.25) is 0 Å². The summed E-state index contributed by atoms with van der Waals surface area (Å²) in [6.07, 6.45) is 1.36. The number of nitrogens with two attached hydrogens (primary N) is 1. The van der Waals surface area contributed by atoms with Crippen LogP contribution in [0.2, 0.25) is 0 Å². The first-order valence-corrected chi connectivity index (χ1v) is 3.49. The highest BCUT2D eigenvalue weighted by Gasteiger charge is 2.11. The molecule has 0 aromatic heterocycles. The molecule has 1 aromatic rings. The molecular weight excluding hydrogens is 196 g/mol. The van der Waals surface area contributed by atoms with Crippen LogP contribution in [0, 0.1) is 11.6 Å². The maximum Gasteiger partial charge on any atom is 0.163 e. The SMILES string of the molecule is C=C[C@H](N)c1cccc(F)c1F.Cl. The van der Waals surface area contributed by atoms with E-state index in [1.807, 2.05) is 0 Å². The highest BCUT2D eigenvalue weighted by atomic mass is 35.5. The molecule has 0 bridgehead atoms. The first-order valence-electron chi connectivity index (χ1n) is 3.49. The first-order chi connectivity index (χ1) is 5.66. The molecule has 0 fully saturated rings. The van der Waals surface area contributed by atoms with Crippen molar-refractivity contribution in [2.75, 3.05) is 0 Å². The van der Waals surface area contributed by atoms with E-state index in [0.29, 0.717) is 0 Å². The summed E-state index contributed by atoms with van der Waals surface area (Å²) >= 11 is 0. The van der Waals surface area contributed by atoms with Crippen LogP contribution in [0.5, 0.6) is 0 Å². The van der Waals surface area contributed by atoms with Crippen LogP contribution in [-0.2, 0) is 0 Å². The van der Waals surface area contributed by atoms with E-state index >= 15 is 0 Å². The van der Waals surface area contributed by atoms with Gasteiger partial charge in [0.2, 0.25) is 0 Å². The van der Waals surface area contributed by atoms with Gasteiger partial charge < -0.3 is 5.73 Å². The highest BCUT2D eigenvalue weighted by molar-refractivity contribution is 5.85. The summed E-state index contributed by atoms with van der Waals surface area (Å²) in [6.45, 7) is 3.39. The van der Waals surface area contributed by atoms with Gasteiger partial charge in [-0.1, -0.05) is 18.2 Å². The number of benzene rings is 1. The van der Waals surface area contributed by atoms with Crippen LogP contribution in [0.25, 0.3) is 0 Å². The smallest absolute Gasteiger partial charge is 0.163 e. The zero-order valence-electron chi connectivity index (χ0n) is 6.84. The maximum atomic E-state index is 12.9. The molecule has 0 amide bonds. The number of hydrogen-bond acceptors (Lipinski definition) is 1. The van der Waals surface area contributed by atoms with E-state index in [2.05, 4.69) is 6.58 Å². The zero-order valence-corrected chi connectivity index (χ0v) is 7.65. The van der Waals surface area contributed by atoms with Gasteiger partial charge in [0.25, 0.3) is 0 Å². The minimum atomic E-state index is -0.898. The van der Waals surface area contributed by atoms with E-state index < -0.39 is 17.7 Å². The largest absolute Gasteiger partial charge is 0.321 e. The van der Waals surface area contributed by atoms with Crippen LogP contribution < -0.4 is 5.73 Å². The molecule has 4 heteroatoms. The molecule has 1 atom stereocenters. The van der Waals surface area contributed by atoms with Crippen molar-refractivity contribution in [1.29, 1.82) is 0 Å². The van der Waals surface area contributed by atoms with Gasteiger partial charge in [-0.15, -0.1) is 19.0 Å². The lowest BCUT2D eigenvalue weighted by molar-refractivity contribution is 0.495. The first kappa shape index (κ1) is 12.1. The number of hydrogen-bond donors (Lipinski definition) is 1. The maximum absolute atomic E-state index is 12.9. The molecule has 0 aliphatic heterocycles. The topological polar surface area (TPSA) is 26.0 Å². The minimum Gasteiger partial charge on any atom is -0.321 e. The average molecular weight is 206 g/mol. The van der Waals surface area contributed by atoms with Gasteiger partial charge >= 0.3 is 0 Å². The summed E-state index contributed by atoms with van der Waals surface area (Å²) in [5.41, 5.74) is 5.57. The van der Waals surface area contributed by atoms with E-state index in [4.69, 9.17) is 5.73 Å². The van der Waals surface area contributed by atoms with Crippen LogP contribution in [0.4, 0.5) is 8.78 Å². The normalized spacial score (nSPS) is 11.6. The third kappa shape index (κ3) is 2.50. The molecule has 1 aromatic carbocycles. The van der Waals surface area contributed by atoms with Gasteiger partial charge in [0, 0.05) is 5.56 Å². The number of rotatable bonds is 2. The molecule has 0 spiro atoms. The van der Waals surface area contributed by atoms with Gasteiger partial charge in [0.05, 0.1) is 6.04 Å². The molecule has 0 radical (unpaired) electrons. The Morgan fingerprint density at radius 1 is 1.38 bits per heavy atom. The zero-order chi connectivity index (χ0) is 9.14. The third-order valence-electron chi connectivity index (χ3n) is 1.59. The van der Waals surface area contributed by atoms with Crippen molar-refractivity contribution in [3.63, 3.8) is 0 Å². The summed E-state index contributed by atoms with van der Waals surface area (Å²) in [5.74, 6) is -1.78. The lowest BCUT2D eigenvalue weighted by atomic mass is 10.1. The Kier molecular flexibility index (Phi) is 4.59. The fraction of sp³-hybridized carbons (Fsp3) is 0.111. The summed E-state index contributed by atoms with van der Waals surface area (Å²) in [5, 5.41) is 0. The van der Waals surface area contributed by atoms with E-state index in [1.54, 1.807) is 0 Å². The predicted octanol–water partition coefficient (Wildman–Crippen LogP) is 2.57. The summed E-state index contributed by atoms with van der Waals surface area (Å²) < 4.78 is 25.5. The fourth-order valence-corrected chi connectivity index (χ4v) is 0.905. The van der Waals surface area contributed by atoms with Crippen LogP contribution in [0.1, 0.15) is 11.6 Å². The Morgan fingerprint density at radius 2 is 2.00 bits per heavy atom. The molecule has 0 saturated heterocycles. The Morgan fingerprint density at radius 3 is 2.54 bits per heavy atom. The molecule has 0 aliphatic rings. The molecule has 72 valence electrons. The summed E-state index contributed by atoms with van der Waals surface area (Å²) in [7, 11) is 0. The highest BCUT2D eigenvalue weighted by Crippen LogP contribution is 2.17. The van der Waals surface area contributed by atoms with Crippen molar-refractivity contribution in [3.8, 4) is 0 Å². The van der Waals surface area contributed by atoms with Crippen molar-refractivity contribution in [3.05, 3.63) is 48.1 Å². The molecule has 1 rings (SSSR count). The Labute approximate surface area is 81.7 Å². The monoisotopic (exact) mass is 205 g/mol. The molecule has 2 N–H and O–H groups in total. The minimum absolute atomic E-state index is 0. The third-order valence-corrected chi connectivity index (χ3v) is 1.59. The van der Waals surface area contributed by atoms with Crippen molar-refractivity contribution in [1.82, 2.24) is 0 Å². The van der Waals surface area contributed by atoms with Crippen LogP contribution >= 0.6 is 12.4 Å². The molecule has 1 nitrogen and oxygen atoms in total. The van der Waals surface area contributed by atoms with Gasteiger partial charge in [-0.25, -0.2) is 8.78 Å². The van der Waals surface area contributed by atoms with E-state index in [0.717, 1.165) is 6.07 Å². The lowest BCUT2D eigenvalue weighted by Crippen LogP contribution is -2.09. The van der Waals surface area contributed by atoms with Gasteiger partial charge in [-0.05, 0) is 6.07 Å². The van der Waals surface area contributed by atoms with Crippen molar-refractivity contribution < 1.29 is 8.78 Å². The molecule has 0 saturated carbocycles. The summed E-state index contributed by atoms with van der Waals surface area (Å²) in [4.78, 5) is 0. The van der Waals surface area contributed by atoms with E-state index in [1.165, 1.54) is 18.2 Å². The van der Waals surface area contributed by atoms with Crippen LogP contribution in [0.3, 0.4) is 0 Å². The second-order valence-electron chi connectivity index (χ2n) is 2.40. The molecule has 0 heterocycles. The van der Waals surface area contributed by atoms with Crippen molar-refractivity contribution in [2.24, 2.45) is 5.73 Å². The van der Waals surface area contributed by atoms with E-state index in [-0.39, 0.29) is 18.0 Å². The Balaban J connectivity index is 0.00000144. The summed E-state index contributed by atoms with van der Waals surface area (Å²) in [6, 6.07) is 3.25. The van der Waals surface area contributed by atoms with E-state index in [9.17, 15) is 8.78 Å². The van der Waals surface area contributed by atoms with Gasteiger partial charge in [0.1, 0.15) is 0 Å². The molecule has 0 aliphatic carbocycles. The fourth-order valence-electron chi connectivity index (χ4n) is 0.905. The predicted molar refractivity (Wildman–Crippen MR) is 50.7 cm³/mol. The standard InChI is InChI=1S/C9H9F2N.ClH/c1-2-8(12)6-4-3-5-7(10)9(6)11;/h2-5,8H,1,12H2;1H/t8-;/m0./s1. The lowest BCUT2D eigenvalue weighted by Gasteiger charge is -2.07. The quantitative estimate of drug-likeness (QED) is 0.738. The van der Waals surface area contributed by atoms with Crippen LogP contribution in [0.15, 0.2) is 30.9 Å². The Hall–Kier alpha value is -0.930. The second kappa shape index (κ2) is 4.94.